The Morgan fingerprint density at radius 3 is 2.68 bits per heavy atom. The maximum absolute atomic E-state index is 12.2. The van der Waals surface area contributed by atoms with Gasteiger partial charge in [0.2, 0.25) is 0 Å². The van der Waals surface area contributed by atoms with Gasteiger partial charge in [0.25, 0.3) is 0 Å². The zero-order chi connectivity index (χ0) is 18.6. The monoisotopic (exact) mass is 347 g/mol. The van der Waals surface area contributed by atoms with Crippen molar-refractivity contribution >= 4 is 17.8 Å². The smallest absolute Gasteiger partial charge is 0.342 e. The van der Waals surface area contributed by atoms with E-state index in [0.717, 1.165) is 6.07 Å². The van der Waals surface area contributed by atoms with Crippen LogP contribution in [0.25, 0.3) is 6.08 Å². The molecular weight excluding hydrogens is 326 g/mol. The van der Waals surface area contributed by atoms with Gasteiger partial charge in [0, 0.05) is 12.5 Å². The molecular formula is C18H21NO6. The Kier molecular flexibility index (Phi) is 5.95. The summed E-state index contributed by atoms with van der Waals surface area (Å²) in [6.45, 7) is 1.70. The fourth-order valence-corrected chi connectivity index (χ4v) is 2.45. The van der Waals surface area contributed by atoms with E-state index >= 15 is 0 Å². The van der Waals surface area contributed by atoms with Crippen LogP contribution < -0.4 is 5.73 Å². The van der Waals surface area contributed by atoms with Crippen LogP contribution in [-0.4, -0.2) is 45.8 Å². The van der Waals surface area contributed by atoms with Gasteiger partial charge >= 0.3 is 5.97 Å². The average molecular weight is 347 g/mol. The minimum Gasteiger partial charge on any atom is -0.508 e. The predicted molar refractivity (Wildman–Crippen MR) is 91.1 cm³/mol. The van der Waals surface area contributed by atoms with Crippen molar-refractivity contribution in [3.63, 3.8) is 0 Å². The standard InChI is InChI=1S/C18H21NO6/c1-10-5-6-25-18(24)16-11(8-12(20)9-14(16)22)3-2-4-13(21)17(19)15(23)7-10/h2-3,7-9,13,17,20-22H,4-6,19H2,1H3/b3-2+,10-7-/t13-,17-/m0/s1. The SMILES string of the molecule is C/C1=C/C(=O)[C@@H](N)[C@@H](O)C/C=C/c2cc(O)cc(O)c2C(=O)OCC1. The molecule has 7 nitrogen and oxygen atoms in total. The van der Waals surface area contributed by atoms with Crippen LogP contribution in [0.3, 0.4) is 0 Å². The Morgan fingerprint density at radius 1 is 1.24 bits per heavy atom. The van der Waals surface area contributed by atoms with E-state index in [1.54, 1.807) is 6.92 Å². The lowest BCUT2D eigenvalue weighted by Crippen LogP contribution is -2.40. The zero-order valence-corrected chi connectivity index (χ0v) is 13.8. The van der Waals surface area contributed by atoms with Crippen molar-refractivity contribution < 1.29 is 29.6 Å². The number of nitrogens with two attached hydrogens (primary N) is 1. The molecule has 1 heterocycles. The van der Waals surface area contributed by atoms with Gasteiger partial charge in [0.15, 0.2) is 5.78 Å². The highest BCUT2D eigenvalue weighted by molar-refractivity contribution is 5.97. The number of aliphatic hydroxyl groups excluding tert-OH is 1. The number of ketones is 1. The number of phenols is 2. The second kappa shape index (κ2) is 7.96. The van der Waals surface area contributed by atoms with Gasteiger partial charge in [-0.15, -0.1) is 0 Å². The van der Waals surface area contributed by atoms with Gasteiger partial charge in [0.1, 0.15) is 17.1 Å². The Hall–Kier alpha value is -2.64. The summed E-state index contributed by atoms with van der Waals surface area (Å²) >= 11 is 0. The van der Waals surface area contributed by atoms with Gasteiger partial charge in [-0.2, -0.15) is 0 Å². The van der Waals surface area contributed by atoms with E-state index in [2.05, 4.69) is 0 Å². The molecule has 0 aliphatic carbocycles. The van der Waals surface area contributed by atoms with E-state index < -0.39 is 29.6 Å². The summed E-state index contributed by atoms with van der Waals surface area (Å²) in [7, 11) is 0. The highest BCUT2D eigenvalue weighted by atomic mass is 16.5. The molecule has 5 N–H and O–H groups in total. The van der Waals surface area contributed by atoms with Gasteiger partial charge in [-0.1, -0.05) is 17.7 Å². The van der Waals surface area contributed by atoms with Crippen molar-refractivity contribution in [2.24, 2.45) is 5.73 Å². The normalized spacial score (nSPS) is 26.0. The summed E-state index contributed by atoms with van der Waals surface area (Å²) in [5, 5.41) is 29.6. The van der Waals surface area contributed by atoms with E-state index in [4.69, 9.17) is 10.5 Å². The summed E-state index contributed by atoms with van der Waals surface area (Å²) in [6, 6.07) is 1.27. The third-order valence-corrected chi connectivity index (χ3v) is 3.87. The molecule has 2 atom stereocenters. The third kappa shape index (κ3) is 4.68. The first-order valence-electron chi connectivity index (χ1n) is 7.84. The number of carbonyl (C=O) groups is 2. The number of fused-ring (bicyclic) bond motifs is 1. The first kappa shape index (κ1) is 18.7. The van der Waals surface area contributed by atoms with E-state index in [1.807, 2.05) is 0 Å². The van der Waals surface area contributed by atoms with Gasteiger partial charge in [-0.3, -0.25) is 4.79 Å². The quantitative estimate of drug-likeness (QED) is 0.520. The summed E-state index contributed by atoms with van der Waals surface area (Å²) < 4.78 is 5.14. The Labute approximate surface area is 145 Å². The number of aromatic hydroxyl groups is 2. The molecule has 1 aromatic carbocycles. The molecule has 1 aliphatic rings. The zero-order valence-electron chi connectivity index (χ0n) is 13.8. The Bertz CT molecular complexity index is 737. The number of hydrogen-bond acceptors (Lipinski definition) is 7. The highest BCUT2D eigenvalue weighted by Gasteiger charge is 2.22. The lowest BCUT2D eigenvalue weighted by Gasteiger charge is -2.16. The van der Waals surface area contributed by atoms with Crippen LogP contribution in [0.2, 0.25) is 0 Å². The molecule has 0 spiro atoms. The number of ether oxygens (including phenoxy) is 1. The number of esters is 1. The van der Waals surface area contributed by atoms with Gasteiger partial charge < -0.3 is 25.8 Å². The summed E-state index contributed by atoms with van der Waals surface area (Å²) in [4.78, 5) is 24.2. The van der Waals surface area contributed by atoms with Crippen LogP contribution in [-0.2, 0) is 9.53 Å². The number of benzene rings is 1. The molecule has 0 saturated carbocycles. The summed E-state index contributed by atoms with van der Waals surface area (Å²) in [5.74, 6) is -1.78. The second-order valence-electron chi connectivity index (χ2n) is 5.94. The third-order valence-electron chi connectivity index (χ3n) is 3.87. The van der Waals surface area contributed by atoms with Crippen molar-refractivity contribution in [3.05, 3.63) is 41.0 Å². The summed E-state index contributed by atoms with van der Waals surface area (Å²) in [5.41, 5.74) is 6.57. The lowest BCUT2D eigenvalue weighted by atomic mass is 10.00. The molecule has 134 valence electrons. The van der Waals surface area contributed by atoms with Crippen LogP contribution in [0.1, 0.15) is 35.7 Å². The number of aliphatic hydroxyl groups is 1. The molecule has 25 heavy (non-hydrogen) atoms. The number of phenolic OH excluding ortho intramolecular Hbond substituents is 2. The fraction of sp³-hybridized carbons (Fsp3) is 0.333. The molecule has 0 unspecified atom stereocenters. The van der Waals surface area contributed by atoms with Crippen molar-refractivity contribution in [1.82, 2.24) is 0 Å². The van der Waals surface area contributed by atoms with Gasteiger partial charge in [-0.25, -0.2) is 4.79 Å². The molecule has 0 bridgehead atoms. The number of hydrogen-bond donors (Lipinski definition) is 4. The summed E-state index contributed by atoms with van der Waals surface area (Å²) in [6.07, 6.45) is 3.56. The molecule has 0 saturated heterocycles. The van der Waals surface area contributed by atoms with Crippen LogP contribution in [0.5, 0.6) is 11.5 Å². The van der Waals surface area contributed by atoms with Crippen molar-refractivity contribution in [2.75, 3.05) is 6.61 Å². The first-order chi connectivity index (χ1) is 11.8. The maximum atomic E-state index is 12.2. The topological polar surface area (TPSA) is 130 Å². The number of rotatable bonds is 0. The molecule has 1 aliphatic heterocycles. The fourth-order valence-electron chi connectivity index (χ4n) is 2.45. The van der Waals surface area contributed by atoms with Crippen LogP contribution in [0, 0.1) is 0 Å². The second-order valence-corrected chi connectivity index (χ2v) is 5.94. The largest absolute Gasteiger partial charge is 0.508 e. The van der Waals surface area contributed by atoms with Crippen molar-refractivity contribution in [3.8, 4) is 11.5 Å². The Balaban J connectivity index is 2.41. The van der Waals surface area contributed by atoms with Crippen molar-refractivity contribution in [1.29, 1.82) is 0 Å². The van der Waals surface area contributed by atoms with E-state index in [-0.39, 0.29) is 29.9 Å². The van der Waals surface area contributed by atoms with E-state index in [9.17, 15) is 24.9 Å². The minimum atomic E-state index is -1.10. The molecule has 7 heteroatoms. The number of carbonyl (C=O) groups excluding carboxylic acids is 2. The molecule has 0 fully saturated rings. The first-order valence-corrected chi connectivity index (χ1v) is 7.84. The van der Waals surface area contributed by atoms with Gasteiger partial charge in [-0.05, 0) is 31.1 Å². The van der Waals surface area contributed by atoms with Crippen LogP contribution in [0.4, 0.5) is 0 Å². The molecule has 0 amide bonds. The van der Waals surface area contributed by atoms with Crippen LogP contribution in [0.15, 0.2) is 29.9 Å². The minimum absolute atomic E-state index is 0.00963. The van der Waals surface area contributed by atoms with E-state index in [0.29, 0.717) is 12.0 Å². The van der Waals surface area contributed by atoms with E-state index in [1.165, 1.54) is 24.3 Å². The maximum Gasteiger partial charge on any atom is 0.342 e. The average Bonchev–Trinajstić information content (AvgIpc) is 2.52. The molecule has 0 aromatic heterocycles. The molecule has 1 aromatic rings. The van der Waals surface area contributed by atoms with Crippen LogP contribution >= 0.6 is 0 Å². The molecule has 2 rings (SSSR count). The molecule has 0 radical (unpaired) electrons. The lowest BCUT2D eigenvalue weighted by molar-refractivity contribution is -0.118. The highest BCUT2D eigenvalue weighted by Crippen LogP contribution is 2.29. The van der Waals surface area contributed by atoms with Crippen molar-refractivity contribution in [2.45, 2.75) is 31.9 Å². The Morgan fingerprint density at radius 2 is 1.96 bits per heavy atom. The van der Waals surface area contributed by atoms with Gasteiger partial charge in [0.05, 0.1) is 18.8 Å². The predicted octanol–water partition coefficient (Wildman–Crippen LogP) is 1.27. The number of cyclic esters (lactones) is 1.